The zero-order chi connectivity index (χ0) is 21.3. The maximum Gasteiger partial charge on any atom is 0.228 e. The SMILES string of the molecule is Cc1nc2c(C#N)cnn2c(C)c1CCC(=O)Nc1ccc(NC(=O)C2CC2)nc1. The molecular formula is C21H21N7O2. The molecule has 1 aliphatic carbocycles. The van der Waals surface area contributed by atoms with Gasteiger partial charge < -0.3 is 10.6 Å². The molecule has 2 amide bonds. The molecular weight excluding hydrogens is 382 g/mol. The number of aromatic nitrogens is 4. The molecule has 1 aliphatic rings. The van der Waals surface area contributed by atoms with Crippen LogP contribution in [0.4, 0.5) is 11.5 Å². The second-order valence-electron chi connectivity index (χ2n) is 7.41. The molecule has 0 saturated heterocycles. The van der Waals surface area contributed by atoms with Crippen molar-refractivity contribution in [1.29, 1.82) is 5.26 Å². The normalized spacial score (nSPS) is 13.1. The Bertz CT molecular complexity index is 1170. The molecule has 0 aromatic carbocycles. The fourth-order valence-corrected chi connectivity index (χ4v) is 3.33. The summed E-state index contributed by atoms with van der Waals surface area (Å²) in [7, 11) is 0. The van der Waals surface area contributed by atoms with E-state index in [0.717, 1.165) is 29.8 Å². The van der Waals surface area contributed by atoms with E-state index in [0.29, 0.717) is 29.1 Å². The number of aryl methyl sites for hydroxylation is 2. The lowest BCUT2D eigenvalue weighted by Gasteiger charge is -2.11. The zero-order valence-corrected chi connectivity index (χ0v) is 16.8. The molecule has 4 rings (SSSR count). The van der Waals surface area contributed by atoms with E-state index in [1.165, 1.54) is 12.4 Å². The Morgan fingerprint density at radius 1 is 1.23 bits per heavy atom. The average molecular weight is 403 g/mol. The van der Waals surface area contributed by atoms with Gasteiger partial charge in [0.2, 0.25) is 11.8 Å². The van der Waals surface area contributed by atoms with E-state index in [-0.39, 0.29) is 24.2 Å². The summed E-state index contributed by atoms with van der Waals surface area (Å²) < 4.78 is 1.64. The van der Waals surface area contributed by atoms with Crippen molar-refractivity contribution in [2.24, 2.45) is 5.92 Å². The van der Waals surface area contributed by atoms with Gasteiger partial charge in [-0.15, -0.1) is 0 Å². The molecule has 0 radical (unpaired) electrons. The van der Waals surface area contributed by atoms with Gasteiger partial charge >= 0.3 is 0 Å². The molecule has 152 valence electrons. The molecule has 1 saturated carbocycles. The lowest BCUT2D eigenvalue weighted by atomic mass is 10.1. The van der Waals surface area contributed by atoms with Crippen molar-refractivity contribution < 1.29 is 9.59 Å². The van der Waals surface area contributed by atoms with Crippen molar-refractivity contribution in [2.45, 2.75) is 39.5 Å². The highest BCUT2D eigenvalue weighted by atomic mass is 16.2. The van der Waals surface area contributed by atoms with Gasteiger partial charge in [-0.2, -0.15) is 10.4 Å². The first kappa shape index (κ1) is 19.5. The molecule has 9 heteroatoms. The third-order valence-electron chi connectivity index (χ3n) is 5.18. The zero-order valence-electron chi connectivity index (χ0n) is 16.8. The third kappa shape index (κ3) is 3.98. The van der Waals surface area contributed by atoms with Crippen LogP contribution < -0.4 is 10.6 Å². The van der Waals surface area contributed by atoms with Crippen molar-refractivity contribution in [3.63, 3.8) is 0 Å². The van der Waals surface area contributed by atoms with Crippen LogP contribution in [0.1, 0.15) is 41.8 Å². The summed E-state index contributed by atoms with van der Waals surface area (Å²) in [5, 5.41) is 19.0. The maximum absolute atomic E-state index is 12.4. The number of fused-ring (bicyclic) bond motifs is 1. The summed E-state index contributed by atoms with van der Waals surface area (Å²) in [6.07, 6.45) is 5.65. The van der Waals surface area contributed by atoms with Gasteiger partial charge in [-0.3, -0.25) is 9.59 Å². The summed E-state index contributed by atoms with van der Waals surface area (Å²) in [4.78, 5) is 32.8. The van der Waals surface area contributed by atoms with Gasteiger partial charge in [0.25, 0.3) is 0 Å². The van der Waals surface area contributed by atoms with Gasteiger partial charge in [0.05, 0.1) is 18.1 Å². The molecule has 9 nitrogen and oxygen atoms in total. The Morgan fingerprint density at radius 3 is 2.70 bits per heavy atom. The number of anilines is 2. The Morgan fingerprint density at radius 2 is 2.03 bits per heavy atom. The fourth-order valence-electron chi connectivity index (χ4n) is 3.33. The summed E-state index contributed by atoms with van der Waals surface area (Å²) in [5.41, 5.74) is 4.10. The minimum atomic E-state index is -0.149. The van der Waals surface area contributed by atoms with Crippen LogP contribution in [-0.2, 0) is 16.0 Å². The molecule has 30 heavy (non-hydrogen) atoms. The standard InChI is InChI=1S/C21H21N7O2/c1-12-17(13(2)28-20(25-12)15(9-22)10-24-28)6-8-19(29)26-16-5-7-18(23-11-16)27-21(30)14-3-4-14/h5,7,10-11,14H,3-4,6,8H2,1-2H3,(H,26,29)(H,23,27,30). The number of rotatable bonds is 6. The highest BCUT2D eigenvalue weighted by Crippen LogP contribution is 2.30. The van der Waals surface area contributed by atoms with Crippen LogP contribution in [0.25, 0.3) is 5.65 Å². The number of pyridine rings is 1. The van der Waals surface area contributed by atoms with Crippen molar-refractivity contribution in [3.05, 3.63) is 47.0 Å². The predicted octanol–water partition coefficient (Wildman–Crippen LogP) is 2.53. The van der Waals surface area contributed by atoms with E-state index in [9.17, 15) is 9.59 Å². The van der Waals surface area contributed by atoms with Gasteiger partial charge in [0.15, 0.2) is 5.65 Å². The van der Waals surface area contributed by atoms with Crippen molar-refractivity contribution >= 4 is 29.0 Å². The summed E-state index contributed by atoms with van der Waals surface area (Å²) in [6.45, 7) is 3.77. The third-order valence-corrected chi connectivity index (χ3v) is 5.18. The van der Waals surface area contributed by atoms with Crippen molar-refractivity contribution in [3.8, 4) is 6.07 Å². The number of hydrogen-bond acceptors (Lipinski definition) is 6. The molecule has 0 bridgehead atoms. The Hall–Kier alpha value is -3.80. The molecule has 0 unspecified atom stereocenters. The number of nitrogens with zero attached hydrogens (tertiary/aromatic N) is 5. The second kappa shape index (κ2) is 7.91. The van der Waals surface area contributed by atoms with Gasteiger partial charge in [-0.1, -0.05) is 0 Å². The first-order valence-electron chi connectivity index (χ1n) is 9.77. The monoisotopic (exact) mass is 403 g/mol. The van der Waals surface area contributed by atoms with Crippen LogP contribution in [0.2, 0.25) is 0 Å². The highest BCUT2D eigenvalue weighted by molar-refractivity contribution is 5.94. The first-order valence-corrected chi connectivity index (χ1v) is 9.77. The summed E-state index contributed by atoms with van der Waals surface area (Å²) in [6, 6.07) is 5.47. The number of carbonyl (C=O) groups is 2. The second-order valence-corrected chi connectivity index (χ2v) is 7.41. The van der Waals surface area contributed by atoms with Crippen molar-refractivity contribution in [2.75, 3.05) is 10.6 Å². The average Bonchev–Trinajstić information content (AvgIpc) is 3.50. The largest absolute Gasteiger partial charge is 0.325 e. The van der Waals surface area contributed by atoms with Crippen LogP contribution >= 0.6 is 0 Å². The molecule has 3 aromatic heterocycles. The Balaban J connectivity index is 1.38. The minimum Gasteiger partial charge on any atom is -0.325 e. The first-order chi connectivity index (χ1) is 14.5. The number of nitriles is 1. The smallest absolute Gasteiger partial charge is 0.228 e. The molecule has 2 N–H and O–H groups in total. The molecule has 1 fully saturated rings. The number of amides is 2. The topological polar surface area (TPSA) is 125 Å². The van der Waals surface area contributed by atoms with E-state index < -0.39 is 0 Å². The van der Waals surface area contributed by atoms with E-state index in [4.69, 9.17) is 5.26 Å². The Kier molecular flexibility index (Phi) is 5.14. The van der Waals surface area contributed by atoms with Gasteiger partial charge in [-0.25, -0.2) is 14.5 Å². The summed E-state index contributed by atoms with van der Waals surface area (Å²) >= 11 is 0. The predicted molar refractivity (Wildman–Crippen MR) is 110 cm³/mol. The number of carbonyl (C=O) groups excluding carboxylic acids is 2. The number of nitrogens with one attached hydrogen (secondary N) is 2. The van der Waals surface area contributed by atoms with Crippen LogP contribution in [0.15, 0.2) is 24.5 Å². The quantitative estimate of drug-likeness (QED) is 0.651. The molecule has 0 aliphatic heterocycles. The van der Waals surface area contributed by atoms with E-state index in [1.54, 1.807) is 16.6 Å². The molecule has 0 atom stereocenters. The summed E-state index contributed by atoms with van der Waals surface area (Å²) in [5.74, 6) is 0.435. The Labute approximate surface area is 173 Å². The van der Waals surface area contributed by atoms with Crippen LogP contribution in [0.5, 0.6) is 0 Å². The van der Waals surface area contributed by atoms with E-state index in [1.807, 2.05) is 13.8 Å². The number of hydrogen-bond donors (Lipinski definition) is 2. The minimum absolute atomic E-state index is 0.00493. The lowest BCUT2D eigenvalue weighted by Crippen LogP contribution is -2.16. The lowest BCUT2D eigenvalue weighted by molar-refractivity contribution is -0.117. The van der Waals surface area contributed by atoms with Crippen molar-refractivity contribution in [1.82, 2.24) is 19.6 Å². The van der Waals surface area contributed by atoms with Crippen LogP contribution in [-0.4, -0.2) is 31.4 Å². The molecule has 0 spiro atoms. The molecule has 3 aromatic rings. The van der Waals surface area contributed by atoms with Gasteiger partial charge in [0, 0.05) is 23.7 Å². The van der Waals surface area contributed by atoms with Crippen LogP contribution in [0, 0.1) is 31.1 Å². The highest BCUT2D eigenvalue weighted by Gasteiger charge is 2.29. The van der Waals surface area contributed by atoms with Gasteiger partial charge in [-0.05, 0) is 50.8 Å². The maximum atomic E-state index is 12.4. The van der Waals surface area contributed by atoms with Crippen LogP contribution in [0.3, 0.4) is 0 Å². The molecule has 3 heterocycles. The fraction of sp³-hybridized carbons (Fsp3) is 0.333. The van der Waals surface area contributed by atoms with E-state index in [2.05, 4.69) is 31.8 Å². The van der Waals surface area contributed by atoms with Gasteiger partial charge in [0.1, 0.15) is 17.5 Å². The van der Waals surface area contributed by atoms with E-state index >= 15 is 0 Å².